The van der Waals surface area contributed by atoms with Gasteiger partial charge in [0.25, 0.3) is 0 Å². The van der Waals surface area contributed by atoms with Crippen LogP contribution >= 0.6 is 11.6 Å². The van der Waals surface area contributed by atoms with E-state index in [0.717, 1.165) is 16.9 Å². The first-order valence-electron chi connectivity index (χ1n) is 9.05. The zero-order valence-electron chi connectivity index (χ0n) is 15.9. The van der Waals surface area contributed by atoms with Gasteiger partial charge in [-0.1, -0.05) is 11.6 Å². The molecule has 0 spiro atoms. The average Bonchev–Trinajstić information content (AvgIpc) is 3.12. The molecule has 1 aromatic carbocycles. The number of ether oxygens (including phenoxy) is 2. The number of rotatable bonds is 6. The number of aliphatic hydroxyl groups is 1. The number of nitrogens with zero attached hydrogens (tertiary/aromatic N) is 4. The highest BCUT2D eigenvalue weighted by atomic mass is 35.5. The van der Waals surface area contributed by atoms with Gasteiger partial charge in [0, 0.05) is 29.7 Å². The van der Waals surface area contributed by atoms with Crippen molar-refractivity contribution in [3.8, 4) is 11.5 Å². The van der Waals surface area contributed by atoms with Crippen molar-refractivity contribution in [3.63, 3.8) is 0 Å². The summed E-state index contributed by atoms with van der Waals surface area (Å²) < 4.78 is 12.4. The molecule has 4 rings (SSSR count). The minimum atomic E-state index is -0.264. The van der Waals surface area contributed by atoms with Gasteiger partial charge < -0.3 is 19.9 Å². The van der Waals surface area contributed by atoms with Crippen molar-refractivity contribution in [3.05, 3.63) is 40.3 Å². The Hall–Kier alpha value is -2.58. The van der Waals surface area contributed by atoms with E-state index in [1.54, 1.807) is 18.7 Å². The summed E-state index contributed by atoms with van der Waals surface area (Å²) >= 11 is 6.32. The lowest BCUT2D eigenvalue weighted by Gasteiger charge is -2.28. The summed E-state index contributed by atoms with van der Waals surface area (Å²) in [5.41, 5.74) is 2.38. The zero-order chi connectivity index (χ0) is 19.8. The molecule has 0 unspecified atom stereocenters. The molecular weight excluding hydrogens is 382 g/mol. The van der Waals surface area contributed by atoms with Gasteiger partial charge in [0.15, 0.2) is 11.5 Å². The number of nitrogens with one attached hydrogen (secondary N) is 1. The largest absolute Gasteiger partial charge is 0.497 e. The molecule has 0 aliphatic heterocycles. The lowest BCUT2D eigenvalue weighted by molar-refractivity contribution is 0.0717. The molecule has 2 N–H and O–H groups in total. The van der Waals surface area contributed by atoms with E-state index in [1.165, 1.54) is 0 Å². The van der Waals surface area contributed by atoms with Crippen LogP contribution in [0.5, 0.6) is 11.5 Å². The number of benzene rings is 1. The molecule has 0 atom stereocenters. The van der Waals surface area contributed by atoms with Crippen LogP contribution in [0.25, 0.3) is 5.65 Å². The molecule has 1 aliphatic rings. The Bertz CT molecular complexity index is 1020. The van der Waals surface area contributed by atoms with Crippen LogP contribution < -0.4 is 14.8 Å². The smallest absolute Gasteiger partial charge is 0.227 e. The molecule has 28 heavy (non-hydrogen) atoms. The van der Waals surface area contributed by atoms with Crippen LogP contribution in [0, 0.1) is 6.92 Å². The molecule has 0 amide bonds. The Labute approximate surface area is 167 Å². The molecule has 1 aliphatic carbocycles. The number of methoxy groups -OCH3 is 2. The van der Waals surface area contributed by atoms with Crippen molar-refractivity contribution in [1.82, 2.24) is 19.6 Å². The minimum absolute atomic E-state index is 0.169. The quantitative estimate of drug-likeness (QED) is 0.611. The molecule has 148 valence electrons. The Morgan fingerprint density at radius 1 is 1.25 bits per heavy atom. The second-order valence-electron chi connectivity index (χ2n) is 6.91. The summed E-state index contributed by atoms with van der Waals surface area (Å²) in [6.45, 7) is 2.33. The number of hydrogen-bond acceptors (Lipinski definition) is 7. The van der Waals surface area contributed by atoms with Crippen LogP contribution in [0.4, 0.5) is 5.95 Å². The van der Waals surface area contributed by atoms with Gasteiger partial charge >= 0.3 is 0 Å². The van der Waals surface area contributed by atoms with Crippen LogP contribution in [-0.2, 0) is 6.54 Å². The summed E-state index contributed by atoms with van der Waals surface area (Å²) in [6, 6.07) is 5.64. The molecule has 0 radical (unpaired) electrons. The third-order valence-electron chi connectivity index (χ3n) is 5.08. The second kappa shape index (κ2) is 7.44. The number of halogens is 1. The average molecular weight is 404 g/mol. The summed E-state index contributed by atoms with van der Waals surface area (Å²) in [5, 5.41) is 17.8. The maximum Gasteiger partial charge on any atom is 0.227 e. The second-order valence-corrected chi connectivity index (χ2v) is 7.27. The van der Waals surface area contributed by atoms with E-state index in [-0.39, 0.29) is 12.0 Å². The van der Waals surface area contributed by atoms with Crippen molar-refractivity contribution < 1.29 is 14.6 Å². The Kier molecular flexibility index (Phi) is 4.99. The normalized spacial score (nSPS) is 18.8. The first kappa shape index (κ1) is 18.8. The fraction of sp³-hybridized carbons (Fsp3) is 0.421. The highest BCUT2D eigenvalue weighted by Crippen LogP contribution is 2.36. The minimum Gasteiger partial charge on any atom is -0.497 e. The monoisotopic (exact) mass is 403 g/mol. The van der Waals surface area contributed by atoms with Crippen LogP contribution in [0.3, 0.4) is 0 Å². The first-order chi connectivity index (χ1) is 13.5. The molecular formula is C19H22ClN5O3. The maximum atomic E-state index is 9.58. The zero-order valence-corrected chi connectivity index (χ0v) is 16.7. The Morgan fingerprint density at radius 2 is 2.04 bits per heavy atom. The molecule has 1 saturated carbocycles. The predicted molar refractivity (Wildman–Crippen MR) is 105 cm³/mol. The van der Waals surface area contributed by atoms with E-state index in [1.807, 2.05) is 25.1 Å². The van der Waals surface area contributed by atoms with E-state index < -0.39 is 0 Å². The number of anilines is 1. The van der Waals surface area contributed by atoms with Crippen LogP contribution in [-0.4, -0.2) is 45.0 Å². The Morgan fingerprint density at radius 3 is 2.71 bits per heavy atom. The van der Waals surface area contributed by atoms with Gasteiger partial charge in [0.05, 0.1) is 20.3 Å². The molecule has 8 nitrogen and oxygen atoms in total. The van der Waals surface area contributed by atoms with E-state index in [2.05, 4.69) is 20.4 Å². The van der Waals surface area contributed by atoms with Gasteiger partial charge in [-0.25, -0.2) is 9.97 Å². The van der Waals surface area contributed by atoms with Crippen LogP contribution in [0.15, 0.2) is 18.2 Å². The van der Waals surface area contributed by atoms with Gasteiger partial charge in [-0.15, -0.1) is 5.10 Å². The number of aliphatic hydroxyl groups excluding tert-OH is 1. The fourth-order valence-electron chi connectivity index (χ4n) is 3.29. The van der Waals surface area contributed by atoms with E-state index in [0.29, 0.717) is 47.7 Å². The molecule has 0 saturated heterocycles. The van der Waals surface area contributed by atoms with Crippen molar-refractivity contribution >= 4 is 23.2 Å². The Balaban J connectivity index is 1.64. The number of aromatic nitrogens is 4. The van der Waals surface area contributed by atoms with Gasteiger partial charge in [-0.2, -0.15) is 4.52 Å². The van der Waals surface area contributed by atoms with Crippen molar-refractivity contribution in [2.45, 2.75) is 38.3 Å². The highest BCUT2D eigenvalue weighted by Gasteiger charge is 2.32. The summed E-state index contributed by atoms with van der Waals surface area (Å²) in [4.78, 5) is 9.07. The third kappa shape index (κ3) is 3.33. The van der Waals surface area contributed by atoms with E-state index in [9.17, 15) is 5.11 Å². The standard InChI is InChI=1S/C19H22ClN5O3/c1-10-16(20)22-19(21-9-11-4-5-14(27-2)8-15(11)28-3)25-18(10)23-17(24-25)12-6-13(26)7-12/h4-5,8,12-13,26H,6-7,9H2,1-3H3,(H,21,22). The summed E-state index contributed by atoms with van der Waals surface area (Å²) in [6.07, 6.45) is 1.10. The molecule has 2 heterocycles. The van der Waals surface area contributed by atoms with Crippen LogP contribution in [0.1, 0.15) is 35.7 Å². The van der Waals surface area contributed by atoms with Crippen molar-refractivity contribution in [2.75, 3.05) is 19.5 Å². The molecule has 2 aromatic heterocycles. The van der Waals surface area contributed by atoms with Crippen LogP contribution in [0.2, 0.25) is 5.15 Å². The summed E-state index contributed by atoms with van der Waals surface area (Å²) in [5.74, 6) is 2.82. The number of hydrogen-bond donors (Lipinski definition) is 2. The summed E-state index contributed by atoms with van der Waals surface area (Å²) in [7, 11) is 3.24. The van der Waals surface area contributed by atoms with Crippen molar-refractivity contribution in [1.29, 1.82) is 0 Å². The molecule has 3 aromatic rings. The SMILES string of the molecule is COc1ccc(CNc2nc(Cl)c(C)c3nc(C4CC(O)C4)nn23)c(OC)c1. The van der Waals surface area contributed by atoms with Gasteiger partial charge in [0.2, 0.25) is 5.95 Å². The first-order valence-corrected chi connectivity index (χ1v) is 9.43. The van der Waals surface area contributed by atoms with E-state index in [4.69, 9.17) is 21.1 Å². The predicted octanol–water partition coefficient (Wildman–Crippen LogP) is 2.95. The maximum absolute atomic E-state index is 9.58. The highest BCUT2D eigenvalue weighted by molar-refractivity contribution is 6.30. The van der Waals surface area contributed by atoms with Gasteiger partial charge in [-0.05, 0) is 31.9 Å². The number of aryl methyl sites for hydroxylation is 1. The van der Waals surface area contributed by atoms with E-state index >= 15 is 0 Å². The van der Waals surface area contributed by atoms with Gasteiger partial charge in [0.1, 0.15) is 16.7 Å². The van der Waals surface area contributed by atoms with Crippen molar-refractivity contribution in [2.24, 2.45) is 0 Å². The lowest BCUT2D eigenvalue weighted by Crippen LogP contribution is -2.27. The topological polar surface area (TPSA) is 93.8 Å². The molecule has 9 heteroatoms. The third-order valence-corrected chi connectivity index (χ3v) is 5.45. The van der Waals surface area contributed by atoms with Gasteiger partial charge in [-0.3, -0.25) is 0 Å². The molecule has 0 bridgehead atoms. The molecule has 1 fully saturated rings. The lowest BCUT2D eigenvalue weighted by atomic mass is 9.82. The number of fused-ring (bicyclic) bond motifs is 1. The fourth-order valence-corrected chi connectivity index (χ4v) is 3.46.